The van der Waals surface area contributed by atoms with Crippen LogP contribution in [0.25, 0.3) is 11.0 Å². The third-order valence-electron chi connectivity index (χ3n) is 4.37. The Balaban J connectivity index is 2.11. The number of anilines is 1. The summed E-state index contributed by atoms with van der Waals surface area (Å²) in [5.41, 5.74) is 2.22. The van der Waals surface area contributed by atoms with Crippen molar-refractivity contribution in [1.82, 2.24) is 9.55 Å². The summed E-state index contributed by atoms with van der Waals surface area (Å²) in [6.07, 6.45) is -4.73. The van der Waals surface area contributed by atoms with Crippen LogP contribution in [0.3, 0.4) is 0 Å². The van der Waals surface area contributed by atoms with Gasteiger partial charge < -0.3 is 9.88 Å². The highest BCUT2D eigenvalue weighted by Crippen LogP contribution is 2.34. The third-order valence-corrected chi connectivity index (χ3v) is 4.37. The van der Waals surface area contributed by atoms with Crippen LogP contribution in [0.2, 0.25) is 0 Å². The Morgan fingerprint density at radius 1 is 1.07 bits per heavy atom. The highest BCUT2D eigenvalue weighted by Gasteiger charge is 2.38. The van der Waals surface area contributed by atoms with Crippen molar-refractivity contribution in [2.24, 2.45) is 0 Å². The summed E-state index contributed by atoms with van der Waals surface area (Å²) < 4.78 is 41.1. The van der Waals surface area contributed by atoms with Gasteiger partial charge in [-0.3, -0.25) is 9.59 Å². The summed E-state index contributed by atoms with van der Waals surface area (Å²) in [6.45, 7) is 4.32. The molecule has 0 unspecified atom stereocenters. The van der Waals surface area contributed by atoms with Gasteiger partial charge in [-0.2, -0.15) is 13.2 Å². The second kappa shape index (κ2) is 7.10. The molecular weight excluding hydrogens is 371 g/mol. The number of hydrogen-bond acceptors (Lipinski definition) is 3. The molecule has 1 aromatic heterocycles. The van der Waals surface area contributed by atoms with Crippen LogP contribution in [-0.2, 0) is 17.5 Å². The molecule has 8 heteroatoms. The number of carbonyl (C=O) groups is 2. The SMILES string of the molecule is CC(=O)Cn1c(C(F)(F)F)nc2c(NC(=O)c3c(C)cccc3C)cccc21. The van der Waals surface area contributed by atoms with E-state index in [0.717, 1.165) is 15.7 Å². The van der Waals surface area contributed by atoms with Gasteiger partial charge >= 0.3 is 6.18 Å². The maximum Gasteiger partial charge on any atom is 0.449 e. The Morgan fingerprint density at radius 2 is 1.68 bits per heavy atom. The van der Waals surface area contributed by atoms with Gasteiger partial charge in [0.15, 0.2) is 0 Å². The molecule has 0 radical (unpaired) electrons. The van der Waals surface area contributed by atoms with E-state index in [9.17, 15) is 22.8 Å². The lowest BCUT2D eigenvalue weighted by Gasteiger charge is -2.11. The Labute approximate surface area is 159 Å². The first-order valence-electron chi connectivity index (χ1n) is 8.53. The molecule has 0 fully saturated rings. The van der Waals surface area contributed by atoms with Gasteiger partial charge in [0.05, 0.1) is 17.7 Å². The van der Waals surface area contributed by atoms with Gasteiger partial charge in [-0.05, 0) is 44.0 Å². The van der Waals surface area contributed by atoms with Crippen molar-refractivity contribution in [3.05, 3.63) is 58.9 Å². The molecule has 5 nitrogen and oxygen atoms in total. The number of aromatic nitrogens is 2. The molecule has 0 spiro atoms. The molecule has 1 heterocycles. The number of rotatable bonds is 4. The molecule has 2 aromatic carbocycles. The number of amides is 1. The molecule has 0 aliphatic heterocycles. The third kappa shape index (κ3) is 3.62. The standard InChI is InChI=1S/C20H18F3N3O2/c1-11-6-4-7-12(2)16(11)18(28)24-14-8-5-9-15-17(14)25-19(20(21,22)23)26(15)10-13(3)27/h4-9H,10H2,1-3H3,(H,24,28). The van der Waals surface area contributed by atoms with E-state index < -0.39 is 30.2 Å². The molecule has 0 bridgehead atoms. The monoisotopic (exact) mass is 389 g/mol. The van der Waals surface area contributed by atoms with E-state index in [1.165, 1.54) is 25.1 Å². The topological polar surface area (TPSA) is 64.0 Å². The largest absolute Gasteiger partial charge is 0.449 e. The number of alkyl halides is 3. The lowest BCUT2D eigenvalue weighted by molar-refractivity contribution is -0.147. The molecule has 0 saturated heterocycles. The van der Waals surface area contributed by atoms with Crippen LogP contribution in [0.5, 0.6) is 0 Å². The lowest BCUT2D eigenvalue weighted by atomic mass is 10.0. The van der Waals surface area contributed by atoms with Crippen LogP contribution in [0.1, 0.15) is 34.2 Å². The fourth-order valence-corrected chi connectivity index (χ4v) is 3.20. The Kier molecular flexibility index (Phi) is 4.97. The van der Waals surface area contributed by atoms with E-state index in [0.29, 0.717) is 5.56 Å². The average molecular weight is 389 g/mol. The van der Waals surface area contributed by atoms with Crippen molar-refractivity contribution in [2.75, 3.05) is 5.32 Å². The highest BCUT2D eigenvalue weighted by molar-refractivity contribution is 6.09. The van der Waals surface area contributed by atoms with Crippen LogP contribution >= 0.6 is 0 Å². The normalized spacial score (nSPS) is 11.6. The minimum absolute atomic E-state index is 0.0179. The Hall–Kier alpha value is -3.16. The highest BCUT2D eigenvalue weighted by atomic mass is 19.4. The molecule has 1 amide bonds. The first-order chi connectivity index (χ1) is 13.1. The van der Waals surface area contributed by atoms with Crippen molar-refractivity contribution in [2.45, 2.75) is 33.5 Å². The number of hydrogen-bond donors (Lipinski definition) is 1. The molecule has 0 atom stereocenters. The van der Waals surface area contributed by atoms with Crippen molar-refractivity contribution in [3.63, 3.8) is 0 Å². The van der Waals surface area contributed by atoms with Gasteiger partial charge in [-0.15, -0.1) is 0 Å². The number of nitrogens with one attached hydrogen (secondary N) is 1. The van der Waals surface area contributed by atoms with Crippen molar-refractivity contribution >= 4 is 28.4 Å². The zero-order valence-electron chi connectivity index (χ0n) is 15.5. The zero-order valence-corrected chi connectivity index (χ0v) is 15.5. The summed E-state index contributed by atoms with van der Waals surface area (Å²) in [5, 5.41) is 2.66. The minimum Gasteiger partial charge on any atom is -0.320 e. The van der Waals surface area contributed by atoms with Crippen molar-refractivity contribution in [3.8, 4) is 0 Å². The quantitative estimate of drug-likeness (QED) is 0.714. The maximum absolute atomic E-state index is 13.4. The molecule has 1 N–H and O–H groups in total. The molecular formula is C20H18F3N3O2. The smallest absolute Gasteiger partial charge is 0.320 e. The molecule has 0 saturated carbocycles. The summed E-state index contributed by atoms with van der Waals surface area (Å²) in [4.78, 5) is 27.9. The number of imidazole rings is 1. The summed E-state index contributed by atoms with van der Waals surface area (Å²) in [7, 11) is 0. The van der Waals surface area contributed by atoms with Crippen LogP contribution in [0.15, 0.2) is 36.4 Å². The average Bonchev–Trinajstić information content (AvgIpc) is 2.94. The van der Waals surface area contributed by atoms with E-state index in [2.05, 4.69) is 10.3 Å². The van der Waals surface area contributed by atoms with Crippen LogP contribution in [0, 0.1) is 13.8 Å². The lowest BCUT2D eigenvalue weighted by Crippen LogP contribution is -2.17. The number of carbonyl (C=O) groups excluding carboxylic acids is 2. The first kappa shape index (κ1) is 19.6. The molecule has 3 aromatic rings. The van der Waals surface area contributed by atoms with Gasteiger partial charge in [0.25, 0.3) is 5.91 Å². The van der Waals surface area contributed by atoms with Crippen LogP contribution in [0.4, 0.5) is 18.9 Å². The molecule has 0 aliphatic carbocycles. The Bertz CT molecular complexity index is 1060. The Morgan fingerprint density at radius 3 is 2.25 bits per heavy atom. The molecule has 0 aliphatic rings. The number of fused-ring (bicyclic) bond motifs is 1. The molecule has 3 rings (SSSR count). The van der Waals surface area contributed by atoms with Gasteiger partial charge in [0.2, 0.25) is 5.82 Å². The molecule has 28 heavy (non-hydrogen) atoms. The van der Waals surface area contributed by atoms with Gasteiger partial charge in [-0.1, -0.05) is 24.3 Å². The number of benzene rings is 2. The maximum atomic E-state index is 13.4. The number of halogens is 3. The predicted octanol–water partition coefficient (Wildman–Crippen LogP) is 4.51. The number of aryl methyl sites for hydroxylation is 2. The second-order valence-electron chi connectivity index (χ2n) is 6.62. The summed E-state index contributed by atoms with van der Waals surface area (Å²) in [5.74, 6) is -2.04. The molecule has 146 valence electrons. The van der Waals surface area contributed by atoms with Crippen LogP contribution in [-0.4, -0.2) is 21.2 Å². The summed E-state index contributed by atoms with van der Waals surface area (Å²) >= 11 is 0. The number of nitrogens with zero attached hydrogens (tertiary/aromatic N) is 2. The van der Waals surface area contributed by atoms with Crippen molar-refractivity contribution < 1.29 is 22.8 Å². The zero-order chi connectivity index (χ0) is 20.6. The predicted molar refractivity (Wildman–Crippen MR) is 99.3 cm³/mol. The van der Waals surface area contributed by atoms with Crippen molar-refractivity contribution in [1.29, 1.82) is 0 Å². The van der Waals surface area contributed by atoms with E-state index >= 15 is 0 Å². The van der Waals surface area contributed by atoms with Gasteiger partial charge in [0, 0.05) is 5.56 Å². The van der Waals surface area contributed by atoms with E-state index in [1.54, 1.807) is 26.0 Å². The fourth-order valence-electron chi connectivity index (χ4n) is 3.20. The first-order valence-corrected chi connectivity index (χ1v) is 8.53. The fraction of sp³-hybridized carbons (Fsp3) is 0.250. The summed E-state index contributed by atoms with van der Waals surface area (Å²) in [6, 6.07) is 9.83. The van der Waals surface area contributed by atoms with E-state index in [-0.39, 0.29) is 16.7 Å². The number of Topliss-reactive ketones (excluding diaryl/α,β-unsaturated/α-hetero) is 1. The van der Waals surface area contributed by atoms with E-state index in [1.807, 2.05) is 6.07 Å². The van der Waals surface area contributed by atoms with E-state index in [4.69, 9.17) is 0 Å². The van der Waals surface area contributed by atoms with Gasteiger partial charge in [-0.25, -0.2) is 4.98 Å². The van der Waals surface area contributed by atoms with Crippen LogP contribution < -0.4 is 5.32 Å². The second-order valence-corrected chi connectivity index (χ2v) is 6.62. The minimum atomic E-state index is -4.73. The van der Waals surface area contributed by atoms with Gasteiger partial charge in [0.1, 0.15) is 11.3 Å². The number of ketones is 1. The number of para-hydroxylation sites is 1.